The maximum atomic E-state index is 11.9. The number of ether oxygens (including phenoxy) is 1. The molecular weight excluding hydrogens is 268 g/mol. The van der Waals surface area contributed by atoms with E-state index in [1.54, 1.807) is 43.5 Å². The molecule has 0 aliphatic rings. The molecule has 0 heterocycles. The second kappa shape index (κ2) is 7.31. The van der Waals surface area contributed by atoms with Gasteiger partial charge in [-0.25, -0.2) is 0 Å². The van der Waals surface area contributed by atoms with Crippen molar-refractivity contribution >= 4 is 11.6 Å². The van der Waals surface area contributed by atoms with Crippen molar-refractivity contribution in [2.24, 2.45) is 0 Å². The number of hydrogen-bond acceptors (Lipinski definition) is 4. The largest absolute Gasteiger partial charge is 0.508 e. The minimum Gasteiger partial charge on any atom is -0.508 e. The SMILES string of the molecule is COc1ccccc1NC(=O)CNCc1ccc(O)cc1. The summed E-state index contributed by atoms with van der Waals surface area (Å²) in [7, 11) is 1.56. The summed E-state index contributed by atoms with van der Waals surface area (Å²) in [4.78, 5) is 11.9. The zero-order chi connectivity index (χ0) is 15.1. The van der Waals surface area contributed by atoms with Gasteiger partial charge in [0.1, 0.15) is 11.5 Å². The van der Waals surface area contributed by atoms with Crippen LogP contribution in [-0.2, 0) is 11.3 Å². The van der Waals surface area contributed by atoms with E-state index in [2.05, 4.69) is 10.6 Å². The van der Waals surface area contributed by atoms with Crippen molar-refractivity contribution in [2.45, 2.75) is 6.54 Å². The van der Waals surface area contributed by atoms with Crippen LogP contribution in [-0.4, -0.2) is 24.7 Å². The summed E-state index contributed by atoms with van der Waals surface area (Å²) >= 11 is 0. The molecule has 21 heavy (non-hydrogen) atoms. The Bertz CT molecular complexity index is 597. The molecule has 0 saturated heterocycles. The first-order valence-electron chi connectivity index (χ1n) is 6.60. The van der Waals surface area contributed by atoms with Crippen LogP contribution in [0.4, 0.5) is 5.69 Å². The summed E-state index contributed by atoms with van der Waals surface area (Å²) < 4.78 is 5.17. The standard InChI is InChI=1S/C16H18N2O3/c1-21-15-5-3-2-4-14(15)18-16(20)11-17-10-12-6-8-13(19)9-7-12/h2-9,17,19H,10-11H2,1H3,(H,18,20). The number of anilines is 1. The minimum atomic E-state index is -0.140. The summed E-state index contributed by atoms with van der Waals surface area (Å²) in [6, 6.07) is 14.1. The molecule has 0 atom stereocenters. The molecular formula is C16H18N2O3. The van der Waals surface area contributed by atoms with Crippen LogP contribution in [0.15, 0.2) is 48.5 Å². The van der Waals surface area contributed by atoms with Crippen molar-refractivity contribution in [1.29, 1.82) is 0 Å². The van der Waals surface area contributed by atoms with Gasteiger partial charge in [0.25, 0.3) is 0 Å². The second-order valence-corrected chi connectivity index (χ2v) is 4.52. The molecule has 2 aromatic carbocycles. The monoisotopic (exact) mass is 286 g/mol. The Balaban J connectivity index is 1.81. The number of para-hydroxylation sites is 2. The van der Waals surface area contributed by atoms with Crippen LogP contribution in [0.25, 0.3) is 0 Å². The molecule has 0 spiro atoms. The van der Waals surface area contributed by atoms with Gasteiger partial charge in [-0.3, -0.25) is 4.79 Å². The number of rotatable bonds is 6. The Labute approximate surface area is 123 Å². The van der Waals surface area contributed by atoms with Crippen LogP contribution in [0, 0.1) is 0 Å². The van der Waals surface area contributed by atoms with Crippen molar-refractivity contribution in [3.63, 3.8) is 0 Å². The average molecular weight is 286 g/mol. The number of phenols is 1. The summed E-state index contributed by atoms with van der Waals surface area (Å²) in [5, 5.41) is 15.0. The van der Waals surface area contributed by atoms with Gasteiger partial charge < -0.3 is 20.5 Å². The number of carbonyl (C=O) groups excluding carboxylic acids is 1. The fraction of sp³-hybridized carbons (Fsp3) is 0.188. The van der Waals surface area contributed by atoms with Crippen molar-refractivity contribution in [3.8, 4) is 11.5 Å². The zero-order valence-corrected chi connectivity index (χ0v) is 11.8. The lowest BCUT2D eigenvalue weighted by molar-refractivity contribution is -0.115. The molecule has 5 nitrogen and oxygen atoms in total. The van der Waals surface area contributed by atoms with Gasteiger partial charge in [0.05, 0.1) is 19.3 Å². The van der Waals surface area contributed by atoms with Crippen LogP contribution in [0.2, 0.25) is 0 Å². The van der Waals surface area contributed by atoms with E-state index in [0.717, 1.165) is 5.56 Å². The number of hydrogen-bond donors (Lipinski definition) is 3. The fourth-order valence-electron chi connectivity index (χ4n) is 1.88. The number of benzene rings is 2. The molecule has 2 aromatic rings. The predicted molar refractivity (Wildman–Crippen MR) is 81.4 cm³/mol. The number of amides is 1. The van der Waals surface area contributed by atoms with Crippen LogP contribution < -0.4 is 15.4 Å². The number of carbonyl (C=O) groups is 1. The number of methoxy groups -OCH3 is 1. The highest BCUT2D eigenvalue weighted by atomic mass is 16.5. The van der Waals surface area contributed by atoms with E-state index in [9.17, 15) is 9.90 Å². The van der Waals surface area contributed by atoms with Crippen LogP contribution in [0.1, 0.15) is 5.56 Å². The number of aromatic hydroxyl groups is 1. The van der Waals surface area contributed by atoms with E-state index < -0.39 is 0 Å². The molecule has 0 radical (unpaired) electrons. The van der Waals surface area contributed by atoms with E-state index in [1.807, 2.05) is 12.1 Å². The zero-order valence-electron chi connectivity index (χ0n) is 11.8. The highest BCUT2D eigenvalue weighted by molar-refractivity contribution is 5.93. The van der Waals surface area contributed by atoms with Gasteiger partial charge in [-0.05, 0) is 29.8 Å². The Morgan fingerprint density at radius 1 is 1.14 bits per heavy atom. The first kappa shape index (κ1) is 14.9. The van der Waals surface area contributed by atoms with E-state index in [4.69, 9.17) is 4.74 Å². The summed E-state index contributed by atoms with van der Waals surface area (Å²) in [5.74, 6) is 0.718. The van der Waals surface area contributed by atoms with E-state index in [-0.39, 0.29) is 18.2 Å². The van der Waals surface area contributed by atoms with Gasteiger partial charge in [0.2, 0.25) is 5.91 Å². The summed E-state index contributed by atoms with van der Waals surface area (Å²) in [6.45, 7) is 0.749. The van der Waals surface area contributed by atoms with Crippen molar-refractivity contribution < 1.29 is 14.6 Å². The molecule has 0 aliphatic carbocycles. The van der Waals surface area contributed by atoms with Gasteiger partial charge >= 0.3 is 0 Å². The van der Waals surface area contributed by atoms with Crippen molar-refractivity contribution in [3.05, 3.63) is 54.1 Å². The third-order valence-electron chi connectivity index (χ3n) is 2.93. The molecule has 0 saturated carbocycles. The number of phenolic OH excluding ortho intramolecular Hbond substituents is 1. The Morgan fingerprint density at radius 3 is 2.57 bits per heavy atom. The van der Waals surface area contributed by atoms with Gasteiger partial charge in [0, 0.05) is 6.54 Å². The van der Waals surface area contributed by atoms with Gasteiger partial charge in [-0.15, -0.1) is 0 Å². The highest BCUT2D eigenvalue weighted by Crippen LogP contribution is 2.22. The Kier molecular flexibility index (Phi) is 5.17. The smallest absolute Gasteiger partial charge is 0.238 e. The molecule has 0 unspecified atom stereocenters. The van der Waals surface area contributed by atoms with Crippen LogP contribution in [0.3, 0.4) is 0 Å². The maximum Gasteiger partial charge on any atom is 0.238 e. The van der Waals surface area contributed by atoms with Gasteiger partial charge in [-0.2, -0.15) is 0 Å². The lowest BCUT2D eigenvalue weighted by Gasteiger charge is -2.10. The van der Waals surface area contributed by atoms with Crippen molar-refractivity contribution in [2.75, 3.05) is 19.0 Å². The molecule has 0 aliphatic heterocycles. The third-order valence-corrected chi connectivity index (χ3v) is 2.93. The average Bonchev–Trinajstić information content (AvgIpc) is 2.50. The molecule has 5 heteroatoms. The molecule has 0 fully saturated rings. The Morgan fingerprint density at radius 2 is 1.86 bits per heavy atom. The third kappa shape index (κ3) is 4.50. The summed E-state index contributed by atoms with van der Waals surface area (Å²) in [5.41, 5.74) is 1.65. The second-order valence-electron chi connectivity index (χ2n) is 4.52. The maximum absolute atomic E-state index is 11.9. The van der Waals surface area contributed by atoms with E-state index in [0.29, 0.717) is 18.0 Å². The lowest BCUT2D eigenvalue weighted by Crippen LogP contribution is -2.27. The lowest BCUT2D eigenvalue weighted by atomic mass is 10.2. The first-order valence-corrected chi connectivity index (χ1v) is 6.60. The normalized spacial score (nSPS) is 10.1. The summed E-state index contributed by atoms with van der Waals surface area (Å²) in [6.07, 6.45) is 0. The first-order chi connectivity index (χ1) is 10.2. The van der Waals surface area contributed by atoms with E-state index >= 15 is 0 Å². The van der Waals surface area contributed by atoms with Gasteiger partial charge in [0.15, 0.2) is 0 Å². The van der Waals surface area contributed by atoms with Gasteiger partial charge in [-0.1, -0.05) is 24.3 Å². The molecule has 3 N–H and O–H groups in total. The molecule has 2 rings (SSSR count). The minimum absolute atomic E-state index is 0.140. The molecule has 1 amide bonds. The molecule has 110 valence electrons. The van der Waals surface area contributed by atoms with Crippen LogP contribution in [0.5, 0.6) is 11.5 Å². The predicted octanol–water partition coefficient (Wildman–Crippen LogP) is 2.13. The quantitative estimate of drug-likeness (QED) is 0.761. The molecule has 0 aromatic heterocycles. The topological polar surface area (TPSA) is 70.6 Å². The van der Waals surface area contributed by atoms with Crippen LogP contribution >= 0.6 is 0 Å². The van der Waals surface area contributed by atoms with E-state index in [1.165, 1.54) is 0 Å². The highest BCUT2D eigenvalue weighted by Gasteiger charge is 2.06. The number of nitrogens with one attached hydrogen (secondary N) is 2. The van der Waals surface area contributed by atoms with Crippen molar-refractivity contribution in [1.82, 2.24) is 5.32 Å². The fourth-order valence-corrected chi connectivity index (χ4v) is 1.88. The Hall–Kier alpha value is -2.53. The molecule has 0 bridgehead atoms.